The molecule has 0 N–H and O–H groups in total. The van der Waals surface area contributed by atoms with Gasteiger partial charge in [-0.3, -0.25) is 9.59 Å². The van der Waals surface area contributed by atoms with Crippen molar-refractivity contribution in [3.63, 3.8) is 0 Å². The Morgan fingerprint density at radius 3 is 2.44 bits per heavy atom. The van der Waals surface area contributed by atoms with Gasteiger partial charge in [-0.1, -0.05) is 13.8 Å². The van der Waals surface area contributed by atoms with Gasteiger partial charge in [0.1, 0.15) is 23.0 Å². The van der Waals surface area contributed by atoms with Crippen molar-refractivity contribution in [2.75, 3.05) is 14.2 Å². The fourth-order valence-corrected chi connectivity index (χ4v) is 2.56. The van der Waals surface area contributed by atoms with E-state index in [0.717, 1.165) is 0 Å². The summed E-state index contributed by atoms with van der Waals surface area (Å²) >= 11 is 0. The number of rotatable bonds is 5. The quantitative estimate of drug-likeness (QED) is 0.453. The largest absolute Gasteiger partial charge is 0.497 e. The van der Waals surface area contributed by atoms with E-state index >= 15 is 0 Å². The lowest BCUT2D eigenvalue weighted by atomic mass is 10.1. The molecule has 0 aromatic heterocycles. The zero-order valence-corrected chi connectivity index (χ0v) is 15.6. The van der Waals surface area contributed by atoms with Gasteiger partial charge in [-0.05, 0) is 36.4 Å². The van der Waals surface area contributed by atoms with Crippen LogP contribution in [0.2, 0.25) is 0 Å². The van der Waals surface area contributed by atoms with Crippen LogP contribution in [0.4, 0.5) is 0 Å². The number of ketones is 1. The van der Waals surface area contributed by atoms with Crippen LogP contribution in [0.5, 0.6) is 23.0 Å². The Bertz CT molecular complexity index is 926. The van der Waals surface area contributed by atoms with Crippen molar-refractivity contribution in [2.24, 2.45) is 5.92 Å². The van der Waals surface area contributed by atoms with E-state index in [0.29, 0.717) is 34.1 Å². The topological polar surface area (TPSA) is 71.1 Å². The van der Waals surface area contributed by atoms with Crippen LogP contribution in [0.25, 0.3) is 6.08 Å². The van der Waals surface area contributed by atoms with Gasteiger partial charge < -0.3 is 18.9 Å². The van der Waals surface area contributed by atoms with Crippen LogP contribution in [-0.2, 0) is 4.79 Å². The number of methoxy groups -OCH3 is 2. The second-order valence-electron chi connectivity index (χ2n) is 6.28. The lowest BCUT2D eigenvalue weighted by Crippen LogP contribution is -2.14. The van der Waals surface area contributed by atoms with Crippen molar-refractivity contribution >= 4 is 17.8 Å². The predicted octanol–water partition coefficient (Wildman–Crippen LogP) is 3.88. The first kappa shape index (κ1) is 18.5. The van der Waals surface area contributed by atoms with Gasteiger partial charge in [0.05, 0.1) is 25.7 Å². The van der Waals surface area contributed by atoms with E-state index in [2.05, 4.69) is 0 Å². The first-order valence-electron chi connectivity index (χ1n) is 8.45. The maximum atomic E-state index is 12.6. The Hall–Kier alpha value is -3.28. The summed E-state index contributed by atoms with van der Waals surface area (Å²) in [6, 6.07) is 9.97. The number of fused-ring (bicyclic) bond motifs is 1. The zero-order chi connectivity index (χ0) is 19.6. The van der Waals surface area contributed by atoms with E-state index in [1.54, 1.807) is 64.5 Å². The van der Waals surface area contributed by atoms with Crippen LogP contribution in [-0.4, -0.2) is 26.0 Å². The number of benzene rings is 2. The molecule has 0 atom stereocenters. The lowest BCUT2D eigenvalue weighted by molar-refractivity contribution is -0.137. The number of ether oxygens (including phenoxy) is 4. The molecule has 1 aliphatic heterocycles. The minimum absolute atomic E-state index is 0.156. The third-order valence-electron chi connectivity index (χ3n) is 4.05. The highest BCUT2D eigenvalue weighted by molar-refractivity contribution is 6.14. The molecular weight excluding hydrogens is 348 g/mol. The number of carbonyl (C=O) groups is 2. The van der Waals surface area contributed by atoms with Crippen molar-refractivity contribution in [3.8, 4) is 23.0 Å². The Labute approximate surface area is 157 Å². The summed E-state index contributed by atoms with van der Waals surface area (Å²) < 4.78 is 21.5. The van der Waals surface area contributed by atoms with Crippen LogP contribution in [0.3, 0.4) is 0 Å². The highest BCUT2D eigenvalue weighted by Crippen LogP contribution is 2.36. The van der Waals surface area contributed by atoms with Gasteiger partial charge in [0.2, 0.25) is 5.78 Å². The molecule has 0 saturated heterocycles. The van der Waals surface area contributed by atoms with Crippen molar-refractivity contribution in [1.82, 2.24) is 0 Å². The average molecular weight is 368 g/mol. The third kappa shape index (κ3) is 3.79. The summed E-state index contributed by atoms with van der Waals surface area (Å²) in [7, 11) is 3.11. The van der Waals surface area contributed by atoms with E-state index in [1.165, 1.54) is 6.07 Å². The molecule has 0 radical (unpaired) electrons. The molecule has 0 unspecified atom stereocenters. The van der Waals surface area contributed by atoms with Crippen molar-refractivity contribution < 1.29 is 28.5 Å². The molecule has 27 heavy (non-hydrogen) atoms. The maximum absolute atomic E-state index is 12.6. The van der Waals surface area contributed by atoms with E-state index in [4.69, 9.17) is 18.9 Å². The number of esters is 1. The normalized spacial score (nSPS) is 14.1. The number of carbonyl (C=O) groups excluding carboxylic acids is 2. The fraction of sp³-hybridized carbons (Fsp3) is 0.238. The van der Waals surface area contributed by atoms with Crippen LogP contribution >= 0.6 is 0 Å². The molecule has 6 nitrogen and oxygen atoms in total. The molecule has 0 saturated carbocycles. The maximum Gasteiger partial charge on any atom is 0.313 e. The molecule has 1 heterocycles. The van der Waals surface area contributed by atoms with Crippen molar-refractivity contribution in [3.05, 3.63) is 53.3 Å². The molecule has 2 aromatic carbocycles. The second-order valence-corrected chi connectivity index (χ2v) is 6.28. The summed E-state index contributed by atoms with van der Waals surface area (Å²) in [6.45, 7) is 3.50. The van der Waals surface area contributed by atoms with Gasteiger partial charge in [-0.2, -0.15) is 0 Å². The fourth-order valence-electron chi connectivity index (χ4n) is 2.56. The minimum Gasteiger partial charge on any atom is -0.497 e. The molecule has 0 aliphatic carbocycles. The molecule has 2 aromatic rings. The smallest absolute Gasteiger partial charge is 0.313 e. The summed E-state index contributed by atoms with van der Waals surface area (Å²) in [5, 5.41) is 0. The Kier molecular flexibility index (Phi) is 5.16. The number of hydrogen-bond donors (Lipinski definition) is 0. The molecule has 1 aliphatic rings. The highest BCUT2D eigenvalue weighted by Gasteiger charge is 2.28. The first-order valence-corrected chi connectivity index (χ1v) is 8.45. The lowest BCUT2D eigenvalue weighted by Gasteiger charge is -2.08. The predicted molar refractivity (Wildman–Crippen MR) is 99.4 cm³/mol. The third-order valence-corrected chi connectivity index (χ3v) is 4.05. The average Bonchev–Trinajstić information content (AvgIpc) is 2.96. The van der Waals surface area contributed by atoms with Gasteiger partial charge in [-0.15, -0.1) is 0 Å². The molecule has 0 amide bonds. The summed E-state index contributed by atoms with van der Waals surface area (Å²) in [5.41, 5.74) is 1.06. The molecule has 3 rings (SSSR count). The van der Waals surface area contributed by atoms with Crippen LogP contribution in [0.15, 0.2) is 42.2 Å². The Morgan fingerprint density at radius 1 is 1.04 bits per heavy atom. The van der Waals surface area contributed by atoms with Gasteiger partial charge in [0.15, 0.2) is 5.76 Å². The van der Waals surface area contributed by atoms with E-state index < -0.39 is 0 Å². The molecule has 140 valence electrons. The summed E-state index contributed by atoms with van der Waals surface area (Å²) in [5.74, 6) is 1.20. The summed E-state index contributed by atoms with van der Waals surface area (Å²) in [6.07, 6.45) is 1.60. The van der Waals surface area contributed by atoms with E-state index in [1.807, 2.05) is 0 Å². The van der Waals surface area contributed by atoms with Gasteiger partial charge in [-0.25, -0.2) is 0 Å². The SMILES string of the molecule is COc1ccc(OC)c(/C=C2\Oc3cc(OC(=O)C(C)C)ccc3C2=O)c1. The number of hydrogen-bond acceptors (Lipinski definition) is 6. The van der Waals surface area contributed by atoms with Gasteiger partial charge in [0.25, 0.3) is 0 Å². The zero-order valence-electron chi connectivity index (χ0n) is 15.6. The summed E-state index contributed by atoms with van der Waals surface area (Å²) in [4.78, 5) is 24.4. The molecular formula is C21H20O6. The standard InChI is InChI=1S/C21H20O6/c1-12(2)21(23)26-15-5-7-16-18(11-15)27-19(20(16)22)10-13-9-14(24-3)6-8-17(13)25-4/h5-12H,1-4H3/b19-10-. The second kappa shape index (κ2) is 7.53. The molecule has 0 fully saturated rings. The number of Topliss-reactive ketones (excluding diaryl/α,β-unsaturated/α-hetero) is 1. The Balaban J connectivity index is 1.90. The van der Waals surface area contributed by atoms with Gasteiger partial charge >= 0.3 is 5.97 Å². The number of allylic oxidation sites excluding steroid dienone is 1. The van der Waals surface area contributed by atoms with E-state index in [9.17, 15) is 9.59 Å². The van der Waals surface area contributed by atoms with Gasteiger partial charge in [0, 0.05) is 11.6 Å². The van der Waals surface area contributed by atoms with Crippen LogP contribution in [0, 0.1) is 5.92 Å². The van der Waals surface area contributed by atoms with Crippen LogP contribution < -0.4 is 18.9 Å². The molecule has 6 heteroatoms. The monoisotopic (exact) mass is 368 g/mol. The van der Waals surface area contributed by atoms with E-state index in [-0.39, 0.29) is 23.4 Å². The van der Waals surface area contributed by atoms with Crippen molar-refractivity contribution in [2.45, 2.75) is 13.8 Å². The highest BCUT2D eigenvalue weighted by atomic mass is 16.5. The molecule has 0 spiro atoms. The first-order chi connectivity index (χ1) is 12.9. The van der Waals surface area contributed by atoms with Crippen LogP contribution in [0.1, 0.15) is 29.8 Å². The van der Waals surface area contributed by atoms with Crippen molar-refractivity contribution in [1.29, 1.82) is 0 Å². The molecule has 0 bridgehead atoms. The minimum atomic E-state index is -0.351. The Morgan fingerprint density at radius 2 is 1.78 bits per heavy atom.